The molecular formula is C16H20N2O2. The van der Waals surface area contributed by atoms with E-state index in [4.69, 9.17) is 10.2 Å². The van der Waals surface area contributed by atoms with E-state index in [1.54, 1.807) is 0 Å². The average Bonchev–Trinajstić information content (AvgIpc) is 2.93. The van der Waals surface area contributed by atoms with Gasteiger partial charge < -0.3 is 15.5 Å². The normalized spacial score (nSPS) is 19.1. The molecule has 1 aliphatic heterocycles. The van der Waals surface area contributed by atoms with Crippen LogP contribution < -0.4 is 16.7 Å². The summed E-state index contributed by atoms with van der Waals surface area (Å²) >= 11 is 0. The van der Waals surface area contributed by atoms with Gasteiger partial charge in [0.05, 0.1) is 0 Å². The van der Waals surface area contributed by atoms with Crippen LogP contribution in [0.2, 0.25) is 0 Å². The topological polar surface area (TPSA) is 68.3 Å². The molecule has 0 amide bonds. The van der Waals surface area contributed by atoms with Crippen LogP contribution in [0, 0.1) is 0 Å². The van der Waals surface area contributed by atoms with Gasteiger partial charge in [0.2, 0.25) is 0 Å². The van der Waals surface area contributed by atoms with E-state index in [0.717, 1.165) is 30.5 Å². The summed E-state index contributed by atoms with van der Waals surface area (Å²) in [4.78, 5) is 12.0. The second-order valence-electron chi connectivity index (χ2n) is 5.78. The Morgan fingerprint density at radius 2 is 2.20 bits per heavy atom. The molecular weight excluding hydrogens is 252 g/mol. The van der Waals surface area contributed by atoms with Gasteiger partial charge in [0.25, 0.3) is 0 Å². The highest BCUT2D eigenvalue weighted by Crippen LogP contribution is 2.36. The monoisotopic (exact) mass is 272 g/mol. The zero-order valence-electron chi connectivity index (χ0n) is 11.9. The van der Waals surface area contributed by atoms with Gasteiger partial charge >= 0.3 is 5.63 Å². The van der Waals surface area contributed by atoms with Crippen molar-refractivity contribution in [1.29, 1.82) is 0 Å². The SMILES string of the molecule is CC(C)c1cccc2oc(=O)c(N)c(C3CCNC3)c12. The third-order valence-corrected chi connectivity index (χ3v) is 4.13. The van der Waals surface area contributed by atoms with Gasteiger partial charge in [0, 0.05) is 17.8 Å². The van der Waals surface area contributed by atoms with Gasteiger partial charge in [0.15, 0.2) is 0 Å². The summed E-state index contributed by atoms with van der Waals surface area (Å²) in [6, 6.07) is 5.89. The molecule has 20 heavy (non-hydrogen) atoms. The maximum absolute atomic E-state index is 12.0. The Balaban J connectivity index is 2.39. The molecule has 0 spiro atoms. The molecule has 1 fully saturated rings. The lowest BCUT2D eigenvalue weighted by Crippen LogP contribution is -2.16. The smallest absolute Gasteiger partial charge is 0.359 e. The summed E-state index contributed by atoms with van der Waals surface area (Å²) in [5, 5.41) is 4.38. The fourth-order valence-corrected chi connectivity index (χ4v) is 3.13. The zero-order valence-corrected chi connectivity index (χ0v) is 11.9. The van der Waals surface area contributed by atoms with Crippen LogP contribution in [-0.2, 0) is 0 Å². The van der Waals surface area contributed by atoms with Crippen molar-refractivity contribution in [2.75, 3.05) is 18.8 Å². The van der Waals surface area contributed by atoms with Crippen LogP contribution in [0.4, 0.5) is 5.69 Å². The van der Waals surface area contributed by atoms with Gasteiger partial charge in [-0.25, -0.2) is 4.79 Å². The highest BCUT2D eigenvalue weighted by atomic mass is 16.4. The van der Waals surface area contributed by atoms with Crippen molar-refractivity contribution in [3.05, 3.63) is 39.7 Å². The van der Waals surface area contributed by atoms with Crippen LogP contribution >= 0.6 is 0 Å². The number of benzene rings is 1. The van der Waals surface area contributed by atoms with E-state index < -0.39 is 5.63 Å². The molecule has 0 bridgehead atoms. The lowest BCUT2D eigenvalue weighted by molar-refractivity contribution is 0.559. The molecule has 1 aromatic carbocycles. The molecule has 1 aliphatic rings. The number of nitrogen functional groups attached to an aromatic ring is 1. The lowest BCUT2D eigenvalue weighted by Gasteiger charge is -2.18. The third kappa shape index (κ3) is 2.00. The standard InChI is InChI=1S/C16H20N2O2/c1-9(2)11-4-3-5-12-14(11)13(10-6-7-18-8-10)15(17)16(19)20-12/h3-5,9-10,18H,6-8,17H2,1-2H3. The summed E-state index contributed by atoms with van der Waals surface area (Å²) in [6.45, 7) is 6.13. The molecule has 3 N–H and O–H groups in total. The van der Waals surface area contributed by atoms with Gasteiger partial charge in [-0.05, 0) is 36.1 Å². The summed E-state index contributed by atoms with van der Waals surface area (Å²) in [5.41, 5.74) is 8.75. The van der Waals surface area contributed by atoms with Gasteiger partial charge in [-0.3, -0.25) is 0 Å². The van der Waals surface area contributed by atoms with Crippen molar-refractivity contribution in [1.82, 2.24) is 5.32 Å². The maximum atomic E-state index is 12.0. The van der Waals surface area contributed by atoms with Gasteiger partial charge in [-0.15, -0.1) is 0 Å². The van der Waals surface area contributed by atoms with E-state index in [-0.39, 0.29) is 5.69 Å². The quantitative estimate of drug-likeness (QED) is 0.824. The highest BCUT2D eigenvalue weighted by Gasteiger charge is 2.25. The van der Waals surface area contributed by atoms with E-state index in [2.05, 4.69) is 25.2 Å². The Morgan fingerprint density at radius 1 is 1.40 bits per heavy atom. The van der Waals surface area contributed by atoms with E-state index >= 15 is 0 Å². The number of hydrogen-bond donors (Lipinski definition) is 2. The summed E-state index contributed by atoms with van der Waals surface area (Å²) in [6.07, 6.45) is 1.01. The predicted molar refractivity (Wildman–Crippen MR) is 81.2 cm³/mol. The van der Waals surface area contributed by atoms with Crippen LogP contribution in [-0.4, -0.2) is 13.1 Å². The Labute approximate surface area is 118 Å². The summed E-state index contributed by atoms with van der Waals surface area (Å²) < 4.78 is 5.38. The van der Waals surface area contributed by atoms with Crippen LogP contribution in [0.1, 0.15) is 43.2 Å². The number of hydrogen-bond acceptors (Lipinski definition) is 4. The fourth-order valence-electron chi connectivity index (χ4n) is 3.13. The second-order valence-corrected chi connectivity index (χ2v) is 5.78. The number of fused-ring (bicyclic) bond motifs is 1. The molecule has 4 heteroatoms. The first kappa shape index (κ1) is 13.2. The van der Waals surface area contributed by atoms with E-state index in [1.807, 2.05) is 12.1 Å². The van der Waals surface area contributed by atoms with Gasteiger partial charge in [-0.2, -0.15) is 0 Å². The third-order valence-electron chi connectivity index (χ3n) is 4.13. The number of rotatable bonds is 2. The van der Waals surface area contributed by atoms with E-state index in [0.29, 0.717) is 17.4 Å². The molecule has 1 atom stereocenters. The molecule has 0 aliphatic carbocycles. The van der Waals surface area contributed by atoms with Crippen molar-refractivity contribution in [3.8, 4) is 0 Å². The van der Waals surface area contributed by atoms with Crippen molar-refractivity contribution in [2.24, 2.45) is 0 Å². The summed E-state index contributed by atoms with van der Waals surface area (Å²) in [5.74, 6) is 0.653. The van der Waals surface area contributed by atoms with Crippen LogP contribution in [0.3, 0.4) is 0 Å². The number of anilines is 1. The zero-order chi connectivity index (χ0) is 14.3. The molecule has 1 unspecified atom stereocenters. The van der Waals surface area contributed by atoms with Gasteiger partial charge in [-0.1, -0.05) is 26.0 Å². The summed E-state index contributed by atoms with van der Waals surface area (Å²) in [7, 11) is 0. The molecule has 106 valence electrons. The van der Waals surface area contributed by atoms with Crippen LogP contribution in [0.25, 0.3) is 11.0 Å². The van der Waals surface area contributed by atoms with Gasteiger partial charge in [0.1, 0.15) is 11.3 Å². The van der Waals surface area contributed by atoms with Crippen molar-refractivity contribution in [2.45, 2.75) is 32.1 Å². The second kappa shape index (κ2) is 4.94. The molecule has 3 rings (SSSR count). The Hall–Kier alpha value is -1.81. The molecule has 4 nitrogen and oxygen atoms in total. The highest BCUT2D eigenvalue weighted by molar-refractivity contribution is 5.88. The molecule has 0 saturated carbocycles. The van der Waals surface area contributed by atoms with Crippen molar-refractivity contribution >= 4 is 16.7 Å². The maximum Gasteiger partial charge on any atom is 0.359 e. The minimum Gasteiger partial charge on any atom is -0.421 e. The lowest BCUT2D eigenvalue weighted by atomic mass is 9.88. The van der Waals surface area contributed by atoms with Crippen molar-refractivity contribution < 1.29 is 4.42 Å². The predicted octanol–water partition coefficient (Wildman–Crippen LogP) is 2.58. The number of nitrogens with one attached hydrogen (secondary N) is 1. The fraction of sp³-hybridized carbons (Fsp3) is 0.438. The largest absolute Gasteiger partial charge is 0.421 e. The molecule has 0 radical (unpaired) electrons. The number of nitrogens with two attached hydrogens (primary N) is 1. The van der Waals surface area contributed by atoms with E-state index in [9.17, 15) is 4.79 Å². The molecule has 2 heterocycles. The van der Waals surface area contributed by atoms with E-state index in [1.165, 1.54) is 5.56 Å². The minimum absolute atomic E-state index is 0.277. The first-order valence-corrected chi connectivity index (χ1v) is 7.15. The Morgan fingerprint density at radius 3 is 2.85 bits per heavy atom. The minimum atomic E-state index is -0.416. The van der Waals surface area contributed by atoms with Crippen LogP contribution in [0.5, 0.6) is 0 Å². The average molecular weight is 272 g/mol. The van der Waals surface area contributed by atoms with Crippen LogP contribution in [0.15, 0.2) is 27.4 Å². The first-order chi connectivity index (χ1) is 9.59. The first-order valence-electron chi connectivity index (χ1n) is 7.15. The van der Waals surface area contributed by atoms with Crippen molar-refractivity contribution in [3.63, 3.8) is 0 Å². The Kier molecular flexibility index (Phi) is 3.26. The molecule has 1 aromatic heterocycles. The molecule has 1 saturated heterocycles. The molecule has 2 aromatic rings. The Bertz CT molecular complexity index is 697.